The van der Waals surface area contributed by atoms with Crippen molar-refractivity contribution in [1.82, 2.24) is 20.3 Å². The molecule has 0 saturated heterocycles. The average molecular weight is 263 g/mol. The number of aromatic nitrogens is 3. The van der Waals surface area contributed by atoms with Crippen LogP contribution in [0.4, 0.5) is 4.39 Å². The Morgan fingerprint density at radius 2 is 2.32 bits per heavy atom. The van der Waals surface area contributed by atoms with Gasteiger partial charge in [-0.15, -0.1) is 5.10 Å². The molecule has 0 spiro atoms. The van der Waals surface area contributed by atoms with Gasteiger partial charge in [-0.2, -0.15) is 0 Å². The van der Waals surface area contributed by atoms with E-state index >= 15 is 0 Å². The van der Waals surface area contributed by atoms with Gasteiger partial charge in [-0.1, -0.05) is 11.3 Å². The van der Waals surface area contributed by atoms with Crippen molar-refractivity contribution in [3.8, 4) is 0 Å². The molecule has 0 aliphatic heterocycles. The highest BCUT2D eigenvalue weighted by atomic mass is 19.1. The lowest BCUT2D eigenvalue weighted by molar-refractivity contribution is 0.1000. The van der Waals surface area contributed by atoms with E-state index < -0.39 is 11.7 Å². The number of primary amides is 1. The van der Waals surface area contributed by atoms with Crippen molar-refractivity contribution in [3.05, 3.63) is 47.5 Å². The molecule has 2 rings (SSSR count). The van der Waals surface area contributed by atoms with Crippen LogP contribution in [-0.2, 0) is 13.1 Å². The first-order chi connectivity index (χ1) is 9.16. The van der Waals surface area contributed by atoms with E-state index in [9.17, 15) is 9.18 Å². The van der Waals surface area contributed by atoms with E-state index in [0.29, 0.717) is 25.2 Å². The summed E-state index contributed by atoms with van der Waals surface area (Å²) < 4.78 is 15.3. The Hall–Kier alpha value is -2.28. The minimum atomic E-state index is -0.635. The summed E-state index contributed by atoms with van der Waals surface area (Å²) in [7, 11) is 0. The van der Waals surface area contributed by atoms with Gasteiger partial charge in [0.15, 0.2) is 0 Å². The van der Waals surface area contributed by atoms with Crippen molar-refractivity contribution in [2.24, 2.45) is 5.73 Å². The van der Waals surface area contributed by atoms with E-state index in [1.165, 1.54) is 6.07 Å². The van der Waals surface area contributed by atoms with Crippen LogP contribution in [0.25, 0.3) is 0 Å². The zero-order valence-electron chi connectivity index (χ0n) is 10.2. The van der Waals surface area contributed by atoms with Crippen LogP contribution in [0.15, 0.2) is 30.6 Å². The maximum absolute atomic E-state index is 13.6. The Balaban J connectivity index is 1.84. The lowest BCUT2D eigenvalue weighted by atomic mass is 10.1. The van der Waals surface area contributed by atoms with E-state index in [2.05, 4.69) is 15.6 Å². The van der Waals surface area contributed by atoms with E-state index in [0.717, 1.165) is 6.07 Å². The molecule has 0 fully saturated rings. The molecular formula is C12H14FN5O. The first-order valence-electron chi connectivity index (χ1n) is 5.80. The highest BCUT2D eigenvalue weighted by molar-refractivity contribution is 5.92. The number of nitrogens with zero attached hydrogens (tertiary/aromatic N) is 3. The summed E-state index contributed by atoms with van der Waals surface area (Å²) >= 11 is 0. The molecule has 0 aliphatic rings. The van der Waals surface area contributed by atoms with Crippen LogP contribution >= 0.6 is 0 Å². The molecule has 0 saturated carbocycles. The van der Waals surface area contributed by atoms with Crippen molar-refractivity contribution in [2.75, 3.05) is 6.54 Å². The fraction of sp³-hybridized carbons (Fsp3) is 0.250. The Kier molecular flexibility index (Phi) is 4.19. The van der Waals surface area contributed by atoms with Crippen molar-refractivity contribution in [1.29, 1.82) is 0 Å². The fourth-order valence-corrected chi connectivity index (χ4v) is 1.61. The Morgan fingerprint density at radius 1 is 1.47 bits per heavy atom. The Morgan fingerprint density at radius 3 is 2.95 bits per heavy atom. The van der Waals surface area contributed by atoms with Gasteiger partial charge < -0.3 is 11.1 Å². The molecular weight excluding hydrogens is 249 g/mol. The van der Waals surface area contributed by atoms with Crippen molar-refractivity contribution in [2.45, 2.75) is 13.1 Å². The second-order valence-corrected chi connectivity index (χ2v) is 4.01. The minimum absolute atomic E-state index is 0.170. The van der Waals surface area contributed by atoms with Crippen LogP contribution in [0.5, 0.6) is 0 Å². The lowest BCUT2D eigenvalue weighted by Crippen LogP contribution is -2.20. The quantitative estimate of drug-likeness (QED) is 0.734. The molecule has 0 bridgehead atoms. The molecule has 100 valence electrons. The van der Waals surface area contributed by atoms with Crippen LogP contribution < -0.4 is 11.1 Å². The van der Waals surface area contributed by atoms with Gasteiger partial charge in [0, 0.05) is 30.4 Å². The first-order valence-corrected chi connectivity index (χ1v) is 5.80. The maximum atomic E-state index is 13.6. The zero-order chi connectivity index (χ0) is 13.7. The number of halogens is 1. The van der Waals surface area contributed by atoms with Gasteiger partial charge in [0.1, 0.15) is 5.82 Å². The SMILES string of the molecule is NC(=O)c1ccc(CNCCn2ccnn2)c(F)c1. The van der Waals surface area contributed by atoms with Crippen LogP contribution in [0, 0.1) is 5.82 Å². The third kappa shape index (κ3) is 3.59. The number of hydrogen-bond acceptors (Lipinski definition) is 4. The van der Waals surface area contributed by atoms with Gasteiger partial charge in [-0.3, -0.25) is 9.48 Å². The molecule has 0 unspecified atom stereocenters. The number of rotatable bonds is 6. The predicted molar refractivity (Wildman–Crippen MR) is 66.6 cm³/mol. The largest absolute Gasteiger partial charge is 0.366 e. The fourth-order valence-electron chi connectivity index (χ4n) is 1.61. The highest BCUT2D eigenvalue weighted by Crippen LogP contribution is 2.09. The molecule has 1 amide bonds. The monoisotopic (exact) mass is 263 g/mol. The standard InChI is InChI=1S/C12H14FN5O/c13-11-7-9(12(14)19)1-2-10(11)8-15-3-5-18-6-4-16-17-18/h1-2,4,6-7,15H,3,5,8H2,(H2,14,19). The van der Waals surface area contributed by atoms with Crippen LogP contribution in [-0.4, -0.2) is 27.4 Å². The maximum Gasteiger partial charge on any atom is 0.248 e. The van der Waals surface area contributed by atoms with E-state index in [1.807, 2.05) is 0 Å². The third-order valence-corrected chi connectivity index (χ3v) is 2.64. The molecule has 2 aromatic rings. The topological polar surface area (TPSA) is 85.8 Å². The summed E-state index contributed by atoms with van der Waals surface area (Å²) in [6, 6.07) is 4.22. The first kappa shape index (κ1) is 13.2. The van der Waals surface area contributed by atoms with E-state index in [1.54, 1.807) is 23.1 Å². The number of benzene rings is 1. The summed E-state index contributed by atoms with van der Waals surface area (Å²) in [6.07, 6.45) is 3.35. The number of carbonyl (C=O) groups excluding carboxylic acids is 1. The van der Waals surface area contributed by atoms with E-state index in [-0.39, 0.29) is 5.56 Å². The smallest absolute Gasteiger partial charge is 0.248 e. The number of nitrogens with one attached hydrogen (secondary N) is 1. The molecule has 0 radical (unpaired) electrons. The van der Waals surface area contributed by atoms with Gasteiger partial charge in [0.2, 0.25) is 5.91 Å². The summed E-state index contributed by atoms with van der Waals surface area (Å²) in [4.78, 5) is 10.9. The van der Waals surface area contributed by atoms with Crippen LogP contribution in [0.3, 0.4) is 0 Å². The molecule has 1 heterocycles. The van der Waals surface area contributed by atoms with E-state index in [4.69, 9.17) is 5.73 Å². The van der Waals surface area contributed by atoms with Crippen LogP contribution in [0.1, 0.15) is 15.9 Å². The lowest BCUT2D eigenvalue weighted by Gasteiger charge is -2.06. The number of carbonyl (C=O) groups is 1. The second kappa shape index (κ2) is 6.05. The van der Waals surface area contributed by atoms with Crippen LogP contribution in [0.2, 0.25) is 0 Å². The summed E-state index contributed by atoms with van der Waals surface area (Å²) in [6.45, 7) is 1.67. The molecule has 6 nitrogen and oxygen atoms in total. The number of amides is 1. The molecule has 7 heteroatoms. The highest BCUT2D eigenvalue weighted by Gasteiger charge is 2.06. The van der Waals surface area contributed by atoms with Crippen molar-refractivity contribution in [3.63, 3.8) is 0 Å². The molecule has 1 aromatic heterocycles. The van der Waals surface area contributed by atoms with Gasteiger partial charge in [-0.05, 0) is 12.1 Å². The van der Waals surface area contributed by atoms with Crippen molar-refractivity contribution < 1.29 is 9.18 Å². The third-order valence-electron chi connectivity index (χ3n) is 2.64. The molecule has 3 N–H and O–H groups in total. The normalized spacial score (nSPS) is 10.6. The molecule has 0 aliphatic carbocycles. The molecule has 19 heavy (non-hydrogen) atoms. The summed E-state index contributed by atoms with van der Waals surface area (Å²) in [5, 5.41) is 10.6. The molecule has 0 atom stereocenters. The molecule has 1 aromatic carbocycles. The number of nitrogens with two attached hydrogens (primary N) is 1. The predicted octanol–water partition coefficient (Wildman–Crippen LogP) is 0.306. The van der Waals surface area contributed by atoms with Crippen molar-refractivity contribution >= 4 is 5.91 Å². The van der Waals surface area contributed by atoms with Gasteiger partial charge in [-0.25, -0.2) is 4.39 Å². The summed E-state index contributed by atoms with van der Waals surface area (Å²) in [5.74, 6) is -1.07. The van der Waals surface area contributed by atoms with Gasteiger partial charge >= 0.3 is 0 Å². The minimum Gasteiger partial charge on any atom is -0.366 e. The Labute approximate surface area is 109 Å². The number of hydrogen-bond donors (Lipinski definition) is 2. The van der Waals surface area contributed by atoms with Gasteiger partial charge in [0.05, 0.1) is 12.7 Å². The Bertz CT molecular complexity index is 555. The van der Waals surface area contributed by atoms with Gasteiger partial charge in [0.25, 0.3) is 0 Å². The second-order valence-electron chi connectivity index (χ2n) is 4.01. The zero-order valence-corrected chi connectivity index (χ0v) is 10.2. The average Bonchev–Trinajstić information content (AvgIpc) is 2.89. The summed E-state index contributed by atoms with van der Waals surface area (Å²) in [5.41, 5.74) is 5.73.